The molecule has 150 valence electrons. The van der Waals surface area contributed by atoms with Crippen molar-refractivity contribution in [2.24, 2.45) is 0 Å². The van der Waals surface area contributed by atoms with Crippen LogP contribution < -0.4 is 10.9 Å². The molecule has 0 atom stereocenters. The highest BCUT2D eigenvalue weighted by molar-refractivity contribution is 7.21. The van der Waals surface area contributed by atoms with Crippen LogP contribution in [0.1, 0.15) is 0 Å². The predicted molar refractivity (Wildman–Crippen MR) is 111 cm³/mol. The lowest BCUT2D eigenvalue weighted by atomic mass is 10.2. The number of aromatic nitrogens is 2. The van der Waals surface area contributed by atoms with Crippen molar-refractivity contribution in [3.8, 4) is 10.4 Å². The Morgan fingerprint density at radius 3 is 2.70 bits per heavy atom. The number of nitro benzene ring substituents is 1. The molecule has 0 radical (unpaired) electrons. The van der Waals surface area contributed by atoms with Gasteiger partial charge in [-0.15, -0.1) is 11.3 Å². The fourth-order valence-corrected chi connectivity index (χ4v) is 3.92. The van der Waals surface area contributed by atoms with Crippen LogP contribution in [0.25, 0.3) is 20.7 Å². The SMILES string of the molecule is O=C(Cn1cnc2sc(-c3ccccc3)cc2c1=O)Nc1ccc(F)cc1[N+](=O)[O-]. The average Bonchev–Trinajstić information content (AvgIpc) is 3.17. The summed E-state index contributed by atoms with van der Waals surface area (Å²) < 4.78 is 14.4. The fourth-order valence-electron chi connectivity index (χ4n) is 2.92. The van der Waals surface area contributed by atoms with Crippen LogP contribution >= 0.6 is 11.3 Å². The molecule has 1 N–H and O–H groups in total. The van der Waals surface area contributed by atoms with Crippen molar-refractivity contribution in [1.29, 1.82) is 0 Å². The molecule has 0 saturated heterocycles. The number of hydrogen-bond acceptors (Lipinski definition) is 6. The van der Waals surface area contributed by atoms with E-state index in [9.17, 15) is 24.1 Å². The molecular formula is C20H13FN4O4S. The van der Waals surface area contributed by atoms with E-state index in [0.29, 0.717) is 16.3 Å². The van der Waals surface area contributed by atoms with Crippen molar-refractivity contribution in [3.05, 3.63) is 87.2 Å². The number of anilines is 1. The summed E-state index contributed by atoms with van der Waals surface area (Å²) in [4.78, 5) is 41.0. The van der Waals surface area contributed by atoms with Gasteiger partial charge in [-0.1, -0.05) is 30.3 Å². The third-order valence-corrected chi connectivity index (χ3v) is 5.41. The monoisotopic (exact) mass is 424 g/mol. The lowest BCUT2D eigenvalue weighted by molar-refractivity contribution is -0.384. The highest BCUT2D eigenvalue weighted by atomic mass is 32.1. The quantitative estimate of drug-likeness (QED) is 0.387. The molecule has 2 heterocycles. The van der Waals surface area contributed by atoms with Crippen molar-refractivity contribution in [1.82, 2.24) is 9.55 Å². The number of fused-ring (bicyclic) bond motifs is 1. The Hall–Kier alpha value is -3.92. The molecule has 0 bridgehead atoms. The molecule has 0 aliphatic carbocycles. The van der Waals surface area contributed by atoms with E-state index in [0.717, 1.165) is 27.1 Å². The van der Waals surface area contributed by atoms with Crippen molar-refractivity contribution >= 4 is 38.8 Å². The van der Waals surface area contributed by atoms with Crippen LogP contribution in [0.2, 0.25) is 0 Å². The number of carbonyl (C=O) groups is 1. The molecule has 4 rings (SSSR count). The van der Waals surface area contributed by atoms with E-state index in [-0.39, 0.29) is 5.69 Å². The lowest BCUT2D eigenvalue weighted by Gasteiger charge is -2.07. The van der Waals surface area contributed by atoms with Gasteiger partial charge in [0.05, 0.1) is 22.7 Å². The fraction of sp³-hybridized carbons (Fsp3) is 0.0500. The zero-order chi connectivity index (χ0) is 21.3. The van der Waals surface area contributed by atoms with E-state index < -0.39 is 34.4 Å². The number of benzene rings is 2. The number of rotatable bonds is 5. The third-order valence-electron chi connectivity index (χ3n) is 4.32. The second-order valence-corrected chi connectivity index (χ2v) is 7.37. The van der Waals surface area contributed by atoms with Crippen LogP contribution in [0, 0.1) is 15.9 Å². The zero-order valence-electron chi connectivity index (χ0n) is 15.2. The number of halogens is 1. The van der Waals surface area contributed by atoms with Crippen LogP contribution in [-0.2, 0) is 11.3 Å². The van der Waals surface area contributed by atoms with E-state index in [4.69, 9.17) is 0 Å². The molecule has 0 spiro atoms. The van der Waals surface area contributed by atoms with Gasteiger partial charge in [0, 0.05) is 4.88 Å². The van der Waals surface area contributed by atoms with Gasteiger partial charge in [-0.05, 0) is 23.8 Å². The summed E-state index contributed by atoms with van der Waals surface area (Å²) in [6.07, 6.45) is 1.26. The Balaban J connectivity index is 1.60. The molecule has 0 unspecified atom stereocenters. The average molecular weight is 424 g/mol. The van der Waals surface area contributed by atoms with Crippen LogP contribution in [0.5, 0.6) is 0 Å². The molecule has 0 aliphatic heterocycles. The molecule has 1 amide bonds. The Morgan fingerprint density at radius 1 is 1.20 bits per heavy atom. The first-order chi connectivity index (χ1) is 14.4. The van der Waals surface area contributed by atoms with E-state index in [2.05, 4.69) is 10.3 Å². The van der Waals surface area contributed by atoms with Crippen LogP contribution in [0.3, 0.4) is 0 Å². The number of nitrogens with zero attached hydrogens (tertiary/aromatic N) is 3. The smallest absolute Gasteiger partial charge is 0.295 e. The van der Waals surface area contributed by atoms with Gasteiger partial charge in [-0.3, -0.25) is 24.3 Å². The summed E-state index contributed by atoms with van der Waals surface area (Å²) in [7, 11) is 0. The Kier molecular flexibility index (Phi) is 5.07. The number of carbonyl (C=O) groups excluding carboxylic acids is 1. The van der Waals surface area contributed by atoms with Crippen molar-refractivity contribution in [2.75, 3.05) is 5.32 Å². The van der Waals surface area contributed by atoms with Crippen LogP contribution in [0.4, 0.5) is 15.8 Å². The minimum atomic E-state index is -0.797. The van der Waals surface area contributed by atoms with Crippen molar-refractivity contribution in [2.45, 2.75) is 6.54 Å². The van der Waals surface area contributed by atoms with E-state index in [1.165, 1.54) is 17.7 Å². The van der Waals surface area contributed by atoms with Gasteiger partial charge in [0.1, 0.15) is 22.9 Å². The molecule has 2 aromatic heterocycles. The topological polar surface area (TPSA) is 107 Å². The third kappa shape index (κ3) is 3.80. The van der Waals surface area contributed by atoms with E-state index in [1.54, 1.807) is 6.07 Å². The first-order valence-electron chi connectivity index (χ1n) is 8.70. The maximum atomic E-state index is 13.2. The van der Waals surface area contributed by atoms with Crippen LogP contribution in [0.15, 0.2) is 65.7 Å². The predicted octanol–water partition coefficient (Wildman–Crippen LogP) is 3.81. The van der Waals surface area contributed by atoms with Gasteiger partial charge in [0.15, 0.2) is 0 Å². The summed E-state index contributed by atoms with van der Waals surface area (Å²) in [6.45, 7) is -0.396. The maximum absolute atomic E-state index is 13.2. The molecule has 10 heteroatoms. The minimum absolute atomic E-state index is 0.157. The number of thiophene rings is 1. The highest BCUT2D eigenvalue weighted by Crippen LogP contribution is 2.30. The summed E-state index contributed by atoms with van der Waals surface area (Å²) in [5.41, 5.74) is -0.181. The summed E-state index contributed by atoms with van der Waals surface area (Å²) >= 11 is 1.37. The molecule has 0 saturated carbocycles. The van der Waals surface area contributed by atoms with Gasteiger partial charge in [0.2, 0.25) is 5.91 Å². The number of nitrogens with one attached hydrogen (secondary N) is 1. The molecule has 0 aliphatic rings. The minimum Gasteiger partial charge on any atom is -0.319 e. The largest absolute Gasteiger partial charge is 0.319 e. The van der Waals surface area contributed by atoms with Gasteiger partial charge in [-0.25, -0.2) is 9.37 Å². The Morgan fingerprint density at radius 2 is 1.97 bits per heavy atom. The zero-order valence-corrected chi connectivity index (χ0v) is 16.1. The normalized spacial score (nSPS) is 10.8. The molecule has 30 heavy (non-hydrogen) atoms. The Labute approximate surface area is 172 Å². The molecular weight excluding hydrogens is 411 g/mol. The summed E-state index contributed by atoms with van der Waals surface area (Å²) in [5.74, 6) is -1.47. The van der Waals surface area contributed by atoms with E-state index in [1.807, 2.05) is 30.3 Å². The first kappa shape index (κ1) is 19.4. The summed E-state index contributed by atoms with van der Waals surface area (Å²) in [5, 5.41) is 13.8. The Bertz CT molecular complexity index is 1330. The second kappa shape index (κ2) is 7.84. The molecule has 2 aromatic carbocycles. The second-order valence-electron chi connectivity index (χ2n) is 6.34. The lowest BCUT2D eigenvalue weighted by Crippen LogP contribution is -2.27. The molecule has 4 aromatic rings. The number of nitro groups is 1. The van der Waals surface area contributed by atoms with Crippen LogP contribution in [-0.4, -0.2) is 20.4 Å². The molecule has 0 fully saturated rings. The maximum Gasteiger partial charge on any atom is 0.295 e. The highest BCUT2D eigenvalue weighted by Gasteiger charge is 2.18. The van der Waals surface area contributed by atoms with Gasteiger partial charge in [-0.2, -0.15) is 0 Å². The van der Waals surface area contributed by atoms with Gasteiger partial charge in [0.25, 0.3) is 11.2 Å². The van der Waals surface area contributed by atoms with Crippen molar-refractivity contribution < 1.29 is 14.1 Å². The number of hydrogen-bond donors (Lipinski definition) is 1. The molecule has 8 nitrogen and oxygen atoms in total. The van der Waals surface area contributed by atoms with Crippen molar-refractivity contribution in [3.63, 3.8) is 0 Å². The standard InChI is InChI=1S/C20H13FN4O4S/c21-13-6-7-15(16(8-13)25(28)29)23-18(26)10-24-11-22-19-14(20(24)27)9-17(30-19)12-4-2-1-3-5-12/h1-9,11H,10H2,(H,23,26). The van der Waals surface area contributed by atoms with Gasteiger partial charge < -0.3 is 5.32 Å². The first-order valence-corrected chi connectivity index (χ1v) is 9.52. The summed E-state index contributed by atoms with van der Waals surface area (Å²) in [6, 6.07) is 14.1. The van der Waals surface area contributed by atoms with E-state index >= 15 is 0 Å². The number of amides is 1. The van der Waals surface area contributed by atoms with Gasteiger partial charge >= 0.3 is 0 Å².